The average molecular weight is 355 g/mol. The van der Waals surface area contributed by atoms with Crippen LogP contribution >= 0.6 is 11.6 Å². The molecule has 24 heavy (non-hydrogen) atoms. The fourth-order valence-electron chi connectivity index (χ4n) is 1.75. The summed E-state index contributed by atoms with van der Waals surface area (Å²) in [5, 5.41) is 4.62. The number of benzene rings is 1. The predicted molar refractivity (Wildman–Crippen MR) is 93.2 cm³/mol. The molecule has 1 atom stereocenters. The highest BCUT2D eigenvalue weighted by molar-refractivity contribution is 6.30. The number of nitrogens with one attached hydrogen (secondary N) is 2. The van der Waals surface area contributed by atoms with Crippen molar-refractivity contribution in [1.82, 2.24) is 5.32 Å². The maximum absolute atomic E-state index is 11.8. The second-order valence-corrected chi connectivity index (χ2v) is 5.93. The molecular weight excluding hydrogens is 332 g/mol. The van der Waals surface area contributed by atoms with E-state index in [9.17, 15) is 14.4 Å². The lowest BCUT2D eigenvalue weighted by atomic mass is 10.2. The van der Waals surface area contributed by atoms with Gasteiger partial charge in [-0.1, -0.05) is 13.3 Å². The van der Waals surface area contributed by atoms with Crippen LogP contribution in [-0.2, 0) is 14.3 Å². The molecule has 0 aromatic heterocycles. The molecule has 2 amide bonds. The van der Waals surface area contributed by atoms with Gasteiger partial charge in [-0.25, -0.2) is 4.79 Å². The number of alkyl halides is 1. The second kappa shape index (κ2) is 10.6. The number of hydrogen-bond acceptors (Lipinski definition) is 4. The van der Waals surface area contributed by atoms with Crippen molar-refractivity contribution in [2.45, 2.75) is 38.5 Å². The van der Waals surface area contributed by atoms with E-state index >= 15 is 0 Å². The zero-order chi connectivity index (χ0) is 17.9. The van der Waals surface area contributed by atoms with E-state index in [4.69, 9.17) is 16.3 Å². The van der Waals surface area contributed by atoms with Gasteiger partial charge in [-0.05, 0) is 37.6 Å². The highest BCUT2D eigenvalue weighted by Crippen LogP contribution is 2.11. The van der Waals surface area contributed by atoms with E-state index in [1.54, 1.807) is 31.2 Å². The van der Waals surface area contributed by atoms with Gasteiger partial charge in [0.05, 0.1) is 12.2 Å². The van der Waals surface area contributed by atoms with Gasteiger partial charge in [0.15, 0.2) is 0 Å². The molecule has 1 aromatic carbocycles. The van der Waals surface area contributed by atoms with Gasteiger partial charge in [-0.15, -0.1) is 11.6 Å². The number of carbonyl (C=O) groups excluding carboxylic acids is 3. The Hall–Kier alpha value is -2.08. The van der Waals surface area contributed by atoms with Crippen molar-refractivity contribution < 1.29 is 19.1 Å². The van der Waals surface area contributed by atoms with Gasteiger partial charge in [0.1, 0.15) is 5.38 Å². The Morgan fingerprint density at radius 1 is 1.21 bits per heavy atom. The van der Waals surface area contributed by atoms with Crippen LogP contribution in [0.25, 0.3) is 0 Å². The van der Waals surface area contributed by atoms with Crippen molar-refractivity contribution in [3.8, 4) is 0 Å². The normalized spacial score (nSPS) is 11.5. The lowest BCUT2D eigenvalue weighted by molar-refractivity contribution is -0.120. The van der Waals surface area contributed by atoms with Gasteiger partial charge in [0, 0.05) is 18.7 Å². The quantitative estimate of drug-likeness (QED) is 0.405. The molecule has 0 unspecified atom stereocenters. The van der Waals surface area contributed by atoms with E-state index in [0.29, 0.717) is 17.9 Å². The van der Waals surface area contributed by atoms with E-state index in [2.05, 4.69) is 10.6 Å². The highest BCUT2D eigenvalue weighted by Gasteiger charge is 2.10. The van der Waals surface area contributed by atoms with E-state index in [1.807, 2.05) is 6.92 Å². The van der Waals surface area contributed by atoms with E-state index in [0.717, 1.165) is 12.8 Å². The summed E-state index contributed by atoms with van der Waals surface area (Å²) >= 11 is 5.60. The molecule has 0 fully saturated rings. The molecule has 0 aliphatic rings. The fraction of sp³-hybridized carbons (Fsp3) is 0.471. The Kier molecular flexibility index (Phi) is 8.86. The number of amides is 2. The monoisotopic (exact) mass is 354 g/mol. The van der Waals surface area contributed by atoms with Crippen LogP contribution in [0.1, 0.15) is 43.5 Å². The molecule has 1 aromatic rings. The molecule has 0 spiro atoms. The summed E-state index contributed by atoms with van der Waals surface area (Å²) in [6.07, 6.45) is 1.93. The maximum atomic E-state index is 11.8. The van der Waals surface area contributed by atoms with Crippen molar-refractivity contribution in [2.75, 3.05) is 18.5 Å². The van der Waals surface area contributed by atoms with Crippen molar-refractivity contribution in [2.24, 2.45) is 0 Å². The van der Waals surface area contributed by atoms with Crippen LogP contribution < -0.4 is 10.6 Å². The van der Waals surface area contributed by atoms with Crippen LogP contribution in [0.3, 0.4) is 0 Å². The zero-order valence-electron chi connectivity index (χ0n) is 13.9. The minimum absolute atomic E-state index is 0.135. The molecule has 0 radical (unpaired) electrons. The molecule has 1 rings (SSSR count). The van der Waals surface area contributed by atoms with Crippen LogP contribution in [0.15, 0.2) is 24.3 Å². The van der Waals surface area contributed by atoms with Crippen molar-refractivity contribution >= 4 is 35.1 Å². The molecule has 0 saturated carbocycles. The van der Waals surface area contributed by atoms with Gasteiger partial charge < -0.3 is 15.4 Å². The molecule has 0 aliphatic carbocycles. The lowest BCUT2D eigenvalue weighted by Gasteiger charge is -2.08. The van der Waals surface area contributed by atoms with Crippen LogP contribution in [0, 0.1) is 0 Å². The number of carbonyl (C=O) groups is 3. The number of unbranched alkanes of at least 4 members (excludes halogenated alkanes) is 1. The molecule has 0 bridgehead atoms. The summed E-state index contributed by atoms with van der Waals surface area (Å²) in [4.78, 5) is 34.8. The summed E-state index contributed by atoms with van der Waals surface area (Å²) in [6.45, 7) is 4.20. The van der Waals surface area contributed by atoms with Crippen molar-refractivity contribution in [3.63, 3.8) is 0 Å². The number of esters is 1. The largest absolute Gasteiger partial charge is 0.462 e. The summed E-state index contributed by atoms with van der Waals surface area (Å²) in [5.41, 5.74) is 1.01. The molecule has 6 nitrogen and oxygen atoms in total. The van der Waals surface area contributed by atoms with Crippen molar-refractivity contribution in [3.05, 3.63) is 29.8 Å². The van der Waals surface area contributed by atoms with E-state index in [1.165, 1.54) is 0 Å². The van der Waals surface area contributed by atoms with Crippen LogP contribution in [0.4, 0.5) is 5.69 Å². The smallest absolute Gasteiger partial charge is 0.338 e. The Bertz CT molecular complexity index is 558. The molecular formula is C17H23ClN2O4. The van der Waals surface area contributed by atoms with E-state index < -0.39 is 5.38 Å². The van der Waals surface area contributed by atoms with Gasteiger partial charge in [-0.3, -0.25) is 9.59 Å². The first-order valence-corrected chi connectivity index (χ1v) is 8.36. The molecule has 7 heteroatoms. The van der Waals surface area contributed by atoms with E-state index in [-0.39, 0.29) is 30.7 Å². The third-order valence-corrected chi connectivity index (χ3v) is 3.35. The Labute approximate surface area is 146 Å². The van der Waals surface area contributed by atoms with Crippen molar-refractivity contribution in [1.29, 1.82) is 0 Å². The van der Waals surface area contributed by atoms with Crippen LogP contribution in [0.5, 0.6) is 0 Å². The second-order valence-electron chi connectivity index (χ2n) is 5.27. The van der Waals surface area contributed by atoms with Crippen LogP contribution in [0.2, 0.25) is 0 Å². The number of ether oxygens (including phenoxy) is 1. The highest BCUT2D eigenvalue weighted by atomic mass is 35.5. The Morgan fingerprint density at radius 2 is 1.88 bits per heavy atom. The molecule has 0 saturated heterocycles. The van der Waals surface area contributed by atoms with Gasteiger partial charge in [-0.2, -0.15) is 0 Å². The standard InChI is InChI=1S/C17H23ClN2O4/c1-3-4-11-24-17(23)13-5-7-14(8-6-13)20-15(21)9-10-19-16(22)12(2)18/h5-8,12H,3-4,9-11H2,1-2H3,(H,19,22)(H,20,21)/t12-/m1/s1. The fourth-order valence-corrected chi connectivity index (χ4v) is 1.82. The summed E-state index contributed by atoms with van der Waals surface area (Å²) in [6, 6.07) is 6.46. The molecule has 2 N–H and O–H groups in total. The lowest BCUT2D eigenvalue weighted by Crippen LogP contribution is -2.32. The van der Waals surface area contributed by atoms with Gasteiger partial charge >= 0.3 is 5.97 Å². The average Bonchev–Trinajstić information content (AvgIpc) is 2.55. The summed E-state index contributed by atoms with van der Waals surface area (Å²) in [7, 11) is 0. The van der Waals surface area contributed by atoms with Gasteiger partial charge in [0.25, 0.3) is 0 Å². The summed E-state index contributed by atoms with van der Waals surface area (Å²) < 4.78 is 5.11. The van der Waals surface area contributed by atoms with Gasteiger partial charge in [0.2, 0.25) is 11.8 Å². The third kappa shape index (κ3) is 7.46. The first-order valence-electron chi connectivity index (χ1n) is 7.92. The minimum Gasteiger partial charge on any atom is -0.462 e. The van der Waals surface area contributed by atoms with Crippen LogP contribution in [-0.4, -0.2) is 36.3 Å². The predicted octanol–water partition coefficient (Wildman–Crippen LogP) is 2.72. The third-order valence-electron chi connectivity index (χ3n) is 3.15. The number of rotatable bonds is 9. The maximum Gasteiger partial charge on any atom is 0.338 e. The Balaban J connectivity index is 2.39. The molecule has 0 heterocycles. The number of anilines is 1. The Morgan fingerprint density at radius 3 is 2.46 bits per heavy atom. The zero-order valence-corrected chi connectivity index (χ0v) is 14.7. The SMILES string of the molecule is CCCCOC(=O)c1ccc(NC(=O)CCNC(=O)[C@@H](C)Cl)cc1. The molecule has 0 aliphatic heterocycles. The molecule has 132 valence electrons. The topological polar surface area (TPSA) is 84.5 Å². The number of hydrogen-bond donors (Lipinski definition) is 2. The first-order chi connectivity index (χ1) is 11.4. The first kappa shape index (κ1) is 20.0. The summed E-state index contributed by atoms with van der Waals surface area (Å²) in [5.74, 6) is -0.926. The number of halogens is 1. The minimum atomic E-state index is -0.627.